The molecule has 2 rings (SSSR count). The number of rotatable bonds is 2. The van der Waals surface area contributed by atoms with Crippen molar-refractivity contribution in [3.8, 4) is 0 Å². The largest absolute Gasteiger partial charge is 0.439 e. The van der Waals surface area contributed by atoms with E-state index in [1.54, 1.807) is 6.92 Å². The third-order valence-corrected chi connectivity index (χ3v) is 2.86. The minimum Gasteiger partial charge on any atom is -0.439 e. The highest BCUT2D eigenvalue weighted by Gasteiger charge is 2.33. The SMILES string of the molecule is Cc1nc(C2CCCNC2)oc1C(C)(F)F. The molecular weight excluding hydrogens is 214 g/mol. The second-order valence-electron chi connectivity index (χ2n) is 4.40. The number of halogens is 2. The van der Waals surface area contributed by atoms with Crippen molar-refractivity contribution >= 4 is 0 Å². The Morgan fingerprint density at radius 3 is 2.75 bits per heavy atom. The summed E-state index contributed by atoms with van der Waals surface area (Å²) in [6.07, 6.45) is 1.98. The van der Waals surface area contributed by atoms with E-state index in [9.17, 15) is 8.78 Å². The highest BCUT2D eigenvalue weighted by atomic mass is 19.3. The van der Waals surface area contributed by atoms with Gasteiger partial charge in [-0.2, -0.15) is 8.78 Å². The van der Waals surface area contributed by atoms with Gasteiger partial charge in [0.15, 0.2) is 11.7 Å². The Kier molecular flexibility index (Phi) is 2.97. The summed E-state index contributed by atoms with van der Waals surface area (Å²) in [6.45, 7) is 4.14. The molecule has 1 aliphatic heterocycles. The summed E-state index contributed by atoms with van der Waals surface area (Å²) in [5, 5.41) is 3.21. The van der Waals surface area contributed by atoms with Crippen LogP contribution in [0.4, 0.5) is 8.78 Å². The van der Waals surface area contributed by atoms with Gasteiger partial charge < -0.3 is 9.73 Å². The topological polar surface area (TPSA) is 38.1 Å². The summed E-state index contributed by atoms with van der Waals surface area (Å²) in [7, 11) is 0. The number of nitrogens with zero attached hydrogens (tertiary/aromatic N) is 1. The van der Waals surface area contributed by atoms with E-state index in [0.29, 0.717) is 11.6 Å². The van der Waals surface area contributed by atoms with Gasteiger partial charge in [0.1, 0.15) is 0 Å². The minimum absolute atomic E-state index is 0.128. The van der Waals surface area contributed by atoms with Crippen molar-refractivity contribution in [2.45, 2.75) is 38.5 Å². The lowest BCUT2D eigenvalue weighted by atomic mass is 10.00. The smallest absolute Gasteiger partial charge is 0.303 e. The number of alkyl halides is 2. The number of oxazole rings is 1. The summed E-state index contributed by atoms with van der Waals surface area (Å²) in [4.78, 5) is 4.11. The average Bonchev–Trinajstić information content (AvgIpc) is 2.61. The maximum Gasteiger partial charge on any atom is 0.303 e. The first kappa shape index (κ1) is 11.5. The average molecular weight is 230 g/mol. The van der Waals surface area contributed by atoms with Gasteiger partial charge in [0, 0.05) is 19.4 Å². The Labute approximate surface area is 93.2 Å². The van der Waals surface area contributed by atoms with E-state index in [1.165, 1.54) is 0 Å². The molecule has 0 radical (unpaired) electrons. The van der Waals surface area contributed by atoms with Crippen LogP contribution in [0.1, 0.15) is 43.0 Å². The quantitative estimate of drug-likeness (QED) is 0.848. The maximum atomic E-state index is 13.1. The molecule has 1 atom stereocenters. The highest BCUT2D eigenvalue weighted by molar-refractivity contribution is 5.14. The second-order valence-corrected chi connectivity index (χ2v) is 4.40. The molecule has 0 saturated carbocycles. The molecule has 1 unspecified atom stereocenters. The molecule has 1 N–H and O–H groups in total. The second kappa shape index (κ2) is 4.13. The van der Waals surface area contributed by atoms with Crippen LogP contribution in [0.25, 0.3) is 0 Å². The van der Waals surface area contributed by atoms with E-state index < -0.39 is 5.92 Å². The third kappa shape index (κ3) is 2.24. The van der Waals surface area contributed by atoms with Crippen LogP contribution < -0.4 is 5.32 Å². The van der Waals surface area contributed by atoms with Gasteiger partial charge in [0.05, 0.1) is 5.69 Å². The van der Waals surface area contributed by atoms with E-state index in [1.807, 2.05) is 0 Å². The standard InChI is InChI=1S/C11H16F2N2O/c1-7-9(11(2,12)13)16-10(15-7)8-4-3-5-14-6-8/h8,14H,3-6H2,1-2H3. The Morgan fingerprint density at radius 2 is 2.25 bits per heavy atom. The van der Waals surface area contributed by atoms with Crippen molar-refractivity contribution in [2.24, 2.45) is 0 Å². The fourth-order valence-electron chi connectivity index (χ4n) is 2.06. The molecule has 2 heterocycles. The highest BCUT2D eigenvalue weighted by Crippen LogP contribution is 2.33. The predicted molar refractivity (Wildman–Crippen MR) is 55.7 cm³/mol. The van der Waals surface area contributed by atoms with Gasteiger partial charge in [-0.05, 0) is 26.3 Å². The number of hydrogen-bond acceptors (Lipinski definition) is 3. The van der Waals surface area contributed by atoms with E-state index in [2.05, 4.69) is 10.3 Å². The first-order chi connectivity index (χ1) is 7.48. The minimum atomic E-state index is -2.95. The molecule has 3 nitrogen and oxygen atoms in total. The molecule has 0 amide bonds. The maximum absolute atomic E-state index is 13.1. The summed E-state index contributed by atoms with van der Waals surface area (Å²) >= 11 is 0. The molecule has 90 valence electrons. The van der Waals surface area contributed by atoms with Crippen molar-refractivity contribution in [1.29, 1.82) is 0 Å². The fraction of sp³-hybridized carbons (Fsp3) is 0.727. The lowest BCUT2D eigenvalue weighted by molar-refractivity contribution is -0.00745. The molecular formula is C11H16F2N2O. The molecule has 0 aliphatic carbocycles. The van der Waals surface area contributed by atoms with E-state index in [-0.39, 0.29) is 11.7 Å². The van der Waals surface area contributed by atoms with Crippen molar-refractivity contribution < 1.29 is 13.2 Å². The number of nitrogens with one attached hydrogen (secondary N) is 1. The zero-order valence-corrected chi connectivity index (χ0v) is 9.52. The molecule has 0 aromatic carbocycles. The molecule has 1 saturated heterocycles. The molecule has 0 bridgehead atoms. The van der Waals surface area contributed by atoms with Crippen molar-refractivity contribution in [3.63, 3.8) is 0 Å². The van der Waals surface area contributed by atoms with Gasteiger partial charge in [0.25, 0.3) is 0 Å². The van der Waals surface area contributed by atoms with E-state index in [0.717, 1.165) is 32.9 Å². The first-order valence-corrected chi connectivity index (χ1v) is 5.55. The van der Waals surface area contributed by atoms with E-state index >= 15 is 0 Å². The molecule has 1 fully saturated rings. The molecule has 5 heteroatoms. The first-order valence-electron chi connectivity index (χ1n) is 5.55. The Bertz CT molecular complexity index is 365. The normalized spacial score (nSPS) is 22.4. The van der Waals surface area contributed by atoms with Gasteiger partial charge in [-0.15, -0.1) is 0 Å². The van der Waals surface area contributed by atoms with Crippen LogP contribution in [0.3, 0.4) is 0 Å². The fourth-order valence-corrected chi connectivity index (χ4v) is 2.06. The summed E-state index contributed by atoms with van der Waals surface area (Å²) < 4.78 is 31.5. The van der Waals surface area contributed by atoms with Gasteiger partial charge in [-0.3, -0.25) is 0 Å². The molecule has 1 aliphatic rings. The summed E-state index contributed by atoms with van der Waals surface area (Å²) in [6, 6.07) is 0. The molecule has 16 heavy (non-hydrogen) atoms. The lowest BCUT2D eigenvalue weighted by Gasteiger charge is -2.19. The van der Waals surface area contributed by atoms with Crippen LogP contribution in [-0.4, -0.2) is 18.1 Å². The van der Waals surface area contributed by atoms with Gasteiger partial charge in [0.2, 0.25) is 0 Å². The van der Waals surface area contributed by atoms with Crippen molar-refractivity contribution in [2.75, 3.05) is 13.1 Å². The number of hydrogen-bond donors (Lipinski definition) is 1. The molecule has 1 aromatic rings. The summed E-state index contributed by atoms with van der Waals surface area (Å²) in [5.74, 6) is -2.67. The van der Waals surface area contributed by atoms with Crippen molar-refractivity contribution in [1.82, 2.24) is 10.3 Å². The van der Waals surface area contributed by atoms with Gasteiger partial charge in [-0.1, -0.05) is 0 Å². The van der Waals surface area contributed by atoms with Crippen LogP contribution in [0.2, 0.25) is 0 Å². The molecule has 1 aromatic heterocycles. The Morgan fingerprint density at radius 1 is 1.50 bits per heavy atom. The zero-order valence-electron chi connectivity index (χ0n) is 9.52. The Balaban J connectivity index is 2.23. The van der Waals surface area contributed by atoms with Crippen LogP contribution >= 0.6 is 0 Å². The third-order valence-electron chi connectivity index (χ3n) is 2.86. The summed E-state index contributed by atoms with van der Waals surface area (Å²) in [5.41, 5.74) is 0.299. The predicted octanol–water partition coefficient (Wildman–Crippen LogP) is 2.56. The van der Waals surface area contributed by atoms with Crippen LogP contribution in [0.15, 0.2) is 4.42 Å². The van der Waals surface area contributed by atoms with Crippen molar-refractivity contribution in [3.05, 3.63) is 17.3 Å². The van der Waals surface area contributed by atoms with Crippen LogP contribution in [-0.2, 0) is 5.92 Å². The number of aryl methyl sites for hydroxylation is 1. The zero-order chi connectivity index (χ0) is 11.8. The number of aromatic nitrogens is 1. The van der Waals surface area contributed by atoms with Gasteiger partial charge in [-0.25, -0.2) is 4.98 Å². The van der Waals surface area contributed by atoms with Crippen LogP contribution in [0, 0.1) is 6.92 Å². The Hall–Kier alpha value is -0.970. The lowest BCUT2D eigenvalue weighted by Crippen LogP contribution is -2.28. The van der Waals surface area contributed by atoms with Crippen LogP contribution in [0.5, 0.6) is 0 Å². The van der Waals surface area contributed by atoms with E-state index in [4.69, 9.17) is 4.42 Å². The van der Waals surface area contributed by atoms with Gasteiger partial charge >= 0.3 is 5.92 Å². The molecule has 0 spiro atoms. The number of piperidine rings is 1. The monoisotopic (exact) mass is 230 g/mol.